The Balaban J connectivity index is 1.38. The highest BCUT2D eigenvalue weighted by Crippen LogP contribution is 2.22. The van der Waals surface area contributed by atoms with Crippen LogP contribution in [0, 0.1) is 6.92 Å². The van der Waals surface area contributed by atoms with Crippen molar-refractivity contribution in [1.82, 2.24) is 9.97 Å². The van der Waals surface area contributed by atoms with Gasteiger partial charge in [0.05, 0.1) is 11.5 Å². The molecule has 2 aliphatic heterocycles. The zero-order valence-electron chi connectivity index (χ0n) is 15.5. The number of aryl methyl sites for hydroxylation is 1. The fraction of sp³-hybridized carbons (Fsp3) is 0.474. The van der Waals surface area contributed by atoms with Gasteiger partial charge in [-0.3, -0.25) is 0 Å². The van der Waals surface area contributed by atoms with Gasteiger partial charge in [-0.05, 0) is 31.0 Å². The minimum Gasteiger partial charge on any atom is -0.368 e. The number of sulfone groups is 1. The molecule has 0 bridgehead atoms. The number of aromatic nitrogens is 2. The molecule has 27 heavy (non-hydrogen) atoms. The molecule has 0 radical (unpaired) electrons. The molecule has 0 aliphatic carbocycles. The van der Waals surface area contributed by atoms with Crippen LogP contribution >= 0.6 is 0 Å². The van der Waals surface area contributed by atoms with Crippen molar-refractivity contribution in [2.24, 2.45) is 0 Å². The smallest absolute Gasteiger partial charge is 0.152 e. The molecule has 7 nitrogen and oxygen atoms in total. The maximum absolute atomic E-state index is 11.6. The Kier molecular flexibility index (Phi) is 4.90. The third kappa shape index (κ3) is 4.32. The molecule has 0 saturated carbocycles. The fourth-order valence-electron chi connectivity index (χ4n) is 3.74. The summed E-state index contributed by atoms with van der Waals surface area (Å²) in [4.78, 5) is 13.3. The van der Waals surface area contributed by atoms with E-state index in [1.807, 2.05) is 6.07 Å². The molecule has 2 aliphatic rings. The minimum absolute atomic E-state index is 0.0593. The second-order valence-corrected chi connectivity index (χ2v) is 9.55. The van der Waals surface area contributed by atoms with Gasteiger partial charge in [0, 0.05) is 44.0 Å². The lowest BCUT2D eigenvalue weighted by atomic mass is 10.2. The summed E-state index contributed by atoms with van der Waals surface area (Å²) in [6.45, 7) is 5.78. The molecule has 2 aromatic rings. The van der Waals surface area contributed by atoms with Crippen LogP contribution in [-0.2, 0) is 9.84 Å². The fourth-order valence-corrected chi connectivity index (χ4v) is 5.41. The Morgan fingerprint density at radius 3 is 2.56 bits per heavy atom. The first-order chi connectivity index (χ1) is 13.0. The summed E-state index contributed by atoms with van der Waals surface area (Å²) in [6, 6.07) is 10.5. The number of hydrogen-bond donors (Lipinski definition) is 1. The second kappa shape index (κ2) is 7.34. The lowest BCUT2D eigenvalue weighted by molar-refractivity contribution is 0.602. The van der Waals surface area contributed by atoms with Crippen LogP contribution in [0.1, 0.15) is 12.0 Å². The zero-order chi connectivity index (χ0) is 18.9. The van der Waals surface area contributed by atoms with Crippen molar-refractivity contribution >= 4 is 27.2 Å². The van der Waals surface area contributed by atoms with Crippen LogP contribution in [-0.4, -0.2) is 62.1 Å². The number of benzene rings is 1. The van der Waals surface area contributed by atoms with Crippen LogP contribution in [0.2, 0.25) is 0 Å². The monoisotopic (exact) mass is 387 g/mol. The lowest BCUT2D eigenvalue weighted by Crippen LogP contribution is -2.46. The maximum Gasteiger partial charge on any atom is 0.152 e. The average molecular weight is 388 g/mol. The van der Waals surface area contributed by atoms with E-state index in [4.69, 9.17) is 0 Å². The van der Waals surface area contributed by atoms with Crippen molar-refractivity contribution in [1.29, 1.82) is 0 Å². The van der Waals surface area contributed by atoms with E-state index >= 15 is 0 Å². The van der Waals surface area contributed by atoms with Crippen LogP contribution < -0.4 is 15.1 Å². The molecule has 3 heterocycles. The van der Waals surface area contributed by atoms with E-state index in [2.05, 4.69) is 56.3 Å². The molecule has 4 rings (SSSR count). The lowest BCUT2D eigenvalue weighted by Gasteiger charge is -2.36. The highest BCUT2D eigenvalue weighted by atomic mass is 32.2. The first-order valence-electron chi connectivity index (χ1n) is 9.34. The maximum atomic E-state index is 11.6. The SMILES string of the molecule is Cc1cccc(N2CCN(c3cc(NC4CCS(=O)(=O)C4)ncn3)CC2)c1. The van der Waals surface area contributed by atoms with Crippen molar-refractivity contribution in [3.63, 3.8) is 0 Å². The summed E-state index contributed by atoms with van der Waals surface area (Å²) in [5.74, 6) is 2.02. The number of piperazine rings is 1. The predicted octanol–water partition coefficient (Wildman–Crippen LogP) is 1.71. The predicted molar refractivity (Wildman–Crippen MR) is 108 cm³/mol. The van der Waals surface area contributed by atoms with Gasteiger partial charge in [-0.25, -0.2) is 18.4 Å². The normalized spacial score (nSPS) is 22.0. The molecule has 1 N–H and O–H groups in total. The summed E-state index contributed by atoms with van der Waals surface area (Å²) in [7, 11) is -2.90. The van der Waals surface area contributed by atoms with Crippen molar-refractivity contribution in [2.75, 3.05) is 52.8 Å². The number of nitrogens with zero attached hydrogens (tertiary/aromatic N) is 4. The van der Waals surface area contributed by atoms with E-state index in [9.17, 15) is 8.42 Å². The first-order valence-corrected chi connectivity index (χ1v) is 11.2. The van der Waals surface area contributed by atoms with Crippen molar-refractivity contribution in [2.45, 2.75) is 19.4 Å². The van der Waals surface area contributed by atoms with E-state index in [-0.39, 0.29) is 17.5 Å². The molecule has 0 amide bonds. The van der Waals surface area contributed by atoms with Gasteiger partial charge in [-0.15, -0.1) is 0 Å². The third-order valence-corrected chi connectivity index (χ3v) is 6.98. The molecule has 0 spiro atoms. The van der Waals surface area contributed by atoms with Gasteiger partial charge < -0.3 is 15.1 Å². The van der Waals surface area contributed by atoms with Gasteiger partial charge in [-0.1, -0.05) is 12.1 Å². The molecule has 1 unspecified atom stereocenters. The first kappa shape index (κ1) is 18.0. The molecule has 2 saturated heterocycles. The molecular weight excluding hydrogens is 362 g/mol. The molecule has 2 fully saturated rings. The number of hydrogen-bond acceptors (Lipinski definition) is 7. The van der Waals surface area contributed by atoms with Crippen LogP contribution in [0.3, 0.4) is 0 Å². The van der Waals surface area contributed by atoms with Gasteiger partial charge in [0.1, 0.15) is 18.0 Å². The molecule has 1 aromatic carbocycles. The zero-order valence-corrected chi connectivity index (χ0v) is 16.3. The number of rotatable bonds is 4. The van der Waals surface area contributed by atoms with E-state index in [1.165, 1.54) is 11.3 Å². The number of nitrogens with one attached hydrogen (secondary N) is 1. The quantitative estimate of drug-likeness (QED) is 0.856. The van der Waals surface area contributed by atoms with E-state index in [0.717, 1.165) is 32.0 Å². The van der Waals surface area contributed by atoms with Gasteiger partial charge in [0.25, 0.3) is 0 Å². The van der Waals surface area contributed by atoms with Gasteiger partial charge >= 0.3 is 0 Å². The Morgan fingerprint density at radius 1 is 1.07 bits per heavy atom. The standard InChI is InChI=1S/C19H25N5O2S/c1-15-3-2-4-17(11-15)23-6-8-24(9-7-23)19-12-18(20-14-21-19)22-16-5-10-27(25,26)13-16/h2-4,11-12,14,16H,5-10,13H2,1H3,(H,20,21,22). The Hall–Kier alpha value is -2.35. The summed E-state index contributed by atoms with van der Waals surface area (Å²) in [6.07, 6.45) is 2.19. The highest BCUT2D eigenvalue weighted by Gasteiger charge is 2.28. The summed E-state index contributed by atoms with van der Waals surface area (Å²) >= 11 is 0. The molecular formula is C19H25N5O2S. The summed E-state index contributed by atoms with van der Waals surface area (Å²) in [5, 5.41) is 3.25. The van der Waals surface area contributed by atoms with Crippen LogP contribution in [0.5, 0.6) is 0 Å². The van der Waals surface area contributed by atoms with Crippen molar-refractivity contribution < 1.29 is 8.42 Å². The van der Waals surface area contributed by atoms with Crippen molar-refractivity contribution in [3.8, 4) is 0 Å². The Bertz CT molecular complexity index is 910. The molecule has 144 valence electrons. The van der Waals surface area contributed by atoms with Gasteiger partial charge in [0.2, 0.25) is 0 Å². The van der Waals surface area contributed by atoms with Gasteiger partial charge in [-0.2, -0.15) is 0 Å². The van der Waals surface area contributed by atoms with Crippen LogP contribution in [0.15, 0.2) is 36.7 Å². The van der Waals surface area contributed by atoms with Crippen molar-refractivity contribution in [3.05, 3.63) is 42.2 Å². The molecule has 1 aromatic heterocycles. The third-order valence-electron chi connectivity index (χ3n) is 5.21. The average Bonchev–Trinajstić information content (AvgIpc) is 3.00. The largest absolute Gasteiger partial charge is 0.368 e. The van der Waals surface area contributed by atoms with Crippen LogP contribution in [0.4, 0.5) is 17.3 Å². The van der Waals surface area contributed by atoms with E-state index < -0.39 is 9.84 Å². The van der Waals surface area contributed by atoms with Crippen LogP contribution in [0.25, 0.3) is 0 Å². The minimum atomic E-state index is -2.90. The Labute approximate surface area is 160 Å². The molecule has 1 atom stereocenters. The van der Waals surface area contributed by atoms with E-state index in [1.54, 1.807) is 6.33 Å². The topological polar surface area (TPSA) is 78.4 Å². The highest BCUT2D eigenvalue weighted by molar-refractivity contribution is 7.91. The second-order valence-electron chi connectivity index (χ2n) is 7.32. The molecule has 8 heteroatoms. The summed E-state index contributed by atoms with van der Waals surface area (Å²) < 4.78 is 23.3. The van der Waals surface area contributed by atoms with E-state index in [0.29, 0.717) is 12.2 Å². The number of anilines is 3. The van der Waals surface area contributed by atoms with Gasteiger partial charge in [0.15, 0.2) is 9.84 Å². The Morgan fingerprint density at radius 2 is 1.85 bits per heavy atom. The summed E-state index contributed by atoms with van der Waals surface area (Å²) in [5.41, 5.74) is 2.54.